The molecule has 1 saturated heterocycles. The highest BCUT2D eigenvalue weighted by Gasteiger charge is 2.14. The summed E-state index contributed by atoms with van der Waals surface area (Å²) in [6.07, 6.45) is 0. The third-order valence-corrected chi connectivity index (χ3v) is 4.92. The van der Waals surface area contributed by atoms with Crippen molar-refractivity contribution in [1.29, 1.82) is 0 Å². The van der Waals surface area contributed by atoms with Crippen LogP contribution in [0.4, 0.5) is 5.69 Å². The van der Waals surface area contributed by atoms with Crippen LogP contribution in [0.2, 0.25) is 0 Å². The van der Waals surface area contributed by atoms with Crippen LogP contribution in [0.15, 0.2) is 54.6 Å². The molecule has 8 heteroatoms. The number of nitrogens with one attached hydrogen (secondary N) is 1. The summed E-state index contributed by atoms with van der Waals surface area (Å²) < 4.78 is 5.40. The summed E-state index contributed by atoms with van der Waals surface area (Å²) in [5.41, 5.74) is 3.09. The Morgan fingerprint density at radius 3 is 2.55 bits per heavy atom. The maximum atomic E-state index is 12.4. The zero-order valence-electron chi connectivity index (χ0n) is 16.4. The van der Waals surface area contributed by atoms with Crippen LogP contribution >= 0.6 is 0 Å². The van der Waals surface area contributed by atoms with Crippen LogP contribution in [0.3, 0.4) is 0 Å². The molecular formula is C21H24N6O2. The van der Waals surface area contributed by atoms with Crippen LogP contribution in [-0.4, -0.2) is 52.4 Å². The minimum absolute atomic E-state index is 0.0238. The molecule has 1 fully saturated rings. The van der Waals surface area contributed by atoms with Gasteiger partial charge in [-0.05, 0) is 29.8 Å². The lowest BCUT2D eigenvalue weighted by atomic mass is 10.1. The number of morpholine rings is 1. The van der Waals surface area contributed by atoms with E-state index < -0.39 is 0 Å². The first-order valence-electron chi connectivity index (χ1n) is 9.74. The molecular weight excluding hydrogens is 368 g/mol. The number of carbonyl (C=O) groups excluding carboxylic acids is 1. The lowest BCUT2D eigenvalue weighted by Gasteiger charge is -2.29. The molecule has 0 saturated carbocycles. The number of amides is 1. The molecule has 1 aliphatic rings. The van der Waals surface area contributed by atoms with Crippen molar-refractivity contribution in [1.82, 2.24) is 25.5 Å². The fraction of sp³-hybridized carbons (Fsp3) is 0.333. The maximum absolute atomic E-state index is 12.4. The summed E-state index contributed by atoms with van der Waals surface area (Å²) in [5, 5.41) is 15.3. The molecule has 0 unspecified atom stereocenters. The molecule has 0 spiro atoms. The highest BCUT2D eigenvalue weighted by atomic mass is 16.5. The smallest absolute Gasteiger partial charge is 0.244 e. The van der Waals surface area contributed by atoms with Crippen molar-refractivity contribution >= 4 is 11.6 Å². The Hall–Kier alpha value is -3.26. The Morgan fingerprint density at radius 1 is 1.10 bits per heavy atom. The zero-order valence-corrected chi connectivity index (χ0v) is 16.4. The van der Waals surface area contributed by atoms with Crippen LogP contribution in [0.25, 0.3) is 11.4 Å². The Bertz CT molecular complexity index is 935. The van der Waals surface area contributed by atoms with Gasteiger partial charge in [0.25, 0.3) is 0 Å². The molecule has 4 rings (SSSR count). The van der Waals surface area contributed by atoms with E-state index in [9.17, 15) is 4.79 Å². The van der Waals surface area contributed by atoms with E-state index >= 15 is 0 Å². The van der Waals surface area contributed by atoms with Crippen LogP contribution in [0, 0.1) is 0 Å². The summed E-state index contributed by atoms with van der Waals surface area (Å²) in [6, 6.07) is 17.7. The van der Waals surface area contributed by atoms with Crippen LogP contribution in [0.1, 0.15) is 18.5 Å². The molecule has 150 valence electrons. The van der Waals surface area contributed by atoms with E-state index in [0.717, 1.165) is 37.4 Å². The number of tetrazole rings is 1. The van der Waals surface area contributed by atoms with E-state index in [2.05, 4.69) is 49.9 Å². The minimum atomic E-state index is -0.160. The molecule has 1 atom stereocenters. The Balaban J connectivity index is 1.33. The van der Waals surface area contributed by atoms with Gasteiger partial charge < -0.3 is 15.0 Å². The van der Waals surface area contributed by atoms with Gasteiger partial charge in [0, 0.05) is 24.3 Å². The van der Waals surface area contributed by atoms with Gasteiger partial charge in [-0.25, -0.2) is 0 Å². The van der Waals surface area contributed by atoms with Crippen molar-refractivity contribution in [3.8, 4) is 11.4 Å². The van der Waals surface area contributed by atoms with Crippen LogP contribution < -0.4 is 10.2 Å². The second kappa shape index (κ2) is 8.83. The third-order valence-electron chi connectivity index (χ3n) is 4.92. The quantitative estimate of drug-likeness (QED) is 0.691. The van der Waals surface area contributed by atoms with E-state index in [1.807, 2.05) is 37.3 Å². The minimum Gasteiger partial charge on any atom is -0.378 e. The molecule has 29 heavy (non-hydrogen) atoms. The average Bonchev–Trinajstić information content (AvgIpc) is 3.23. The maximum Gasteiger partial charge on any atom is 0.244 e. The Kier molecular flexibility index (Phi) is 5.81. The second-order valence-electron chi connectivity index (χ2n) is 6.99. The number of rotatable bonds is 6. The fourth-order valence-electron chi connectivity index (χ4n) is 3.31. The molecule has 1 aromatic heterocycles. The number of hydrogen-bond acceptors (Lipinski definition) is 6. The summed E-state index contributed by atoms with van der Waals surface area (Å²) in [4.78, 5) is 16.0. The van der Waals surface area contributed by atoms with Gasteiger partial charge in [0.1, 0.15) is 6.54 Å². The van der Waals surface area contributed by atoms with E-state index in [0.29, 0.717) is 5.82 Å². The van der Waals surface area contributed by atoms with Gasteiger partial charge in [0.05, 0.1) is 19.3 Å². The normalized spacial score (nSPS) is 15.1. The summed E-state index contributed by atoms with van der Waals surface area (Å²) in [6.45, 7) is 5.32. The van der Waals surface area contributed by atoms with Crippen molar-refractivity contribution in [2.24, 2.45) is 0 Å². The number of aromatic nitrogens is 4. The first-order valence-corrected chi connectivity index (χ1v) is 9.74. The molecule has 0 aliphatic carbocycles. The monoisotopic (exact) mass is 392 g/mol. The molecule has 2 heterocycles. The van der Waals surface area contributed by atoms with E-state index in [1.165, 1.54) is 10.5 Å². The van der Waals surface area contributed by atoms with Crippen molar-refractivity contribution in [3.63, 3.8) is 0 Å². The molecule has 8 nitrogen and oxygen atoms in total. The van der Waals surface area contributed by atoms with Gasteiger partial charge in [-0.15, -0.1) is 10.2 Å². The van der Waals surface area contributed by atoms with Crippen LogP contribution in [0.5, 0.6) is 0 Å². The lowest BCUT2D eigenvalue weighted by Crippen LogP contribution is -2.36. The van der Waals surface area contributed by atoms with Gasteiger partial charge in [-0.3, -0.25) is 4.79 Å². The summed E-state index contributed by atoms with van der Waals surface area (Å²) in [7, 11) is 0. The number of nitrogens with zero attached hydrogens (tertiary/aromatic N) is 5. The lowest BCUT2D eigenvalue weighted by molar-refractivity contribution is -0.122. The molecule has 3 aromatic rings. The zero-order chi connectivity index (χ0) is 20.1. The number of anilines is 1. The van der Waals surface area contributed by atoms with Crippen LogP contribution in [-0.2, 0) is 16.1 Å². The highest BCUT2D eigenvalue weighted by molar-refractivity contribution is 5.76. The molecule has 1 aliphatic heterocycles. The Labute approximate surface area is 169 Å². The fourth-order valence-corrected chi connectivity index (χ4v) is 3.31. The van der Waals surface area contributed by atoms with Crippen molar-refractivity contribution in [2.75, 3.05) is 31.2 Å². The largest absolute Gasteiger partial charge is 0.378 e. The SMILES string of the molecule is C[C@@H](NC(=O)Cn1nnc(-c2ccccc2)n1)c1ccc(N2CCOCC2)cc1. The van der Waals surface area contributed by atoms with Crippen molar-refractivity contribution in [2.45, 2.75) is 19.5 Å². The van der Waals surface area contributed by atoms with Gasteiger partial charge in [-0.2, -0.15) is 4.80 Å². The van der Waals surface area contributed by atoms with Gasteiger partial charge in [-0.1, -0.05) is 42.5 Å². The number of benzene rings is 2. The predicted octanol–water partition coefficient (Wildman–Crippen LogP) is 2.05. The molecule has 2 aromatic carbocycles. The molecule has 0 bridgehead atoms. The Morgan fingerprint density at radius 2 is 1.83 bits per heavy atom. The number of ether oxygens (including phenoxy) is 1. The summed E-state index contributed by atoms with van der Waals surface area (Å²) in [5.74, 6) is 0.344. The second-order valence-corrected chi connectivity index (χ2v) is 6.99. The van der Waals surface area contributed by atoms with Crippen molar-refractivity contribution in [3.05, 3.63) is 60.2 Å². The van der Waals surface area contributed by atoms with E-state index in [-0.39, 0.29) is 18.5 Å². The number of hydrogen-bond donors (Lipinski definition) is 1. The van der Waals surface area contributed by atoms with Gasteiger partial charge in [0.2, 0.25) is 11.7 Å². The third kappa shape index (κ3) is 4.78. The highest BCUT2D eigenvalue weighted by Crippen LogP contribution is 2.20. The summed E-state index contributed by atoms with van der Waals surface area (Å²) >= 11 is 0. The van der Waals surface area contributed by atoms with E-state index in [4.69, 9.17) is 4.74 Å². The first kappa shape index (κ1) is 19.1. The van der Waals surface area contributed by atoms with Crippen molar-refractivity contribution < 1.29 is 9.53 Å². The van der Waals surface area contributed by atoms with Gasteiger partial charge >= 0.3 is 0 Å². The predicted molar refractivity (Wildman–Crippen MR) is 109 cm³/mol. The molecule has 0 radical (unpaired) electrons. The molecule has 1 amide bonds. The average molecular weight is 392 g/mol. The van der Waals surface area contributed by atoms with E-state index in [1.54, 1.807) is 0 Å². The van der Waals surface area contributed by atoms with Gasteiger partial charge in [0.15, 0.2) is 0 Å². The first-order chi connectivity index (χ1) is 14.2. The molecule has 1 N–H and O–H groups in total. The number of carbonyl (C=O) groups is 1. The topological polar surface area (TPSA) is 85.2 Å². The standard InChI is InChI=1S/C21H24N6O2/c1-16(17-7-9-19(10-8-17)26-11-13-29-14-12-26)22-20(28)15-27-24-21(23-25-27)18-5-3-2-4-6-18/h2-10,16H,11-15H2,1H3,(H,22,28)/t16-/m1/s1.